The van der Waals surface area contributed by atoms with Gasteiger partial charge in [0.2, 0.25) is 0 Å². The molecule has 1 fully saturated rings. The molecule has 1 atom stereocenters. The summed E-state index contributed by atoms with van der Waals surface area (Å²) in [5.74, 6) is 1.10. The molecule has 1 N–H and O–H groups in total. The fraction of sp³-hybridized carbons (Fsp3) is 0.500. The highest BCUT2D eigenvalue weighted by Crippen LogP contribution is 2.18. The Hall–Kier alpha value is -1.39. The largest absolute Gasteiger partial charge is 0.375 e. The lowest BCUT2D eigenvalue weighted by atomic mass is 10.2. The molecule has 1 aromatic carbocycles. The second-order valence-electron chi connectivity index (χ2n) is 4.98. The lowest BCUT2D eigenvalue weighted by Gasteiger charge is -2.23. The topological polar surface area (TPSA) is 39.1 Å². The Morgan fingerprint density at radius 1 is 1.50 bits per heavy atom. The van der Waals surface area contributed by atoms with Crippen LogP contribution in [0.1, 0.15) is 11.4 Å². The van der Waals surface area contributed by atoms with Crippen molar-refractivity contribution in [1.82, 2.24) is 14.9 Å². The summed E-state index contributed by atoms with van der Waals surface area (Å²) >= 11 is 0. The van der Waals surface area contributed by atoms with Crippen LogP contribution in [0.3, 0.4) is 0 Å². The minimum absolute atomic E-state index is 0.246. The van der Waals surface area contributed by atoms with Crippen LogP contribution in [0.5, 0.6) is 0 Å². The Kier molecular flexibility index (Phi) is 3.06. The molecule has 2 heterocycles. The number of imidazole rings is 1. The molecule has 1 aliphatic heterocycles. The van der Waals surface area contributed by atoms with Crippen molar-refractivity contribution >= 4 is 11.0 Å². The number of morpholine rings is 1. The maximum Gasteiger partial charge on any atom is 0.112 e. The molecule has 0 bridgehead atoms. The van der Waals surface area contributed by atoms with Crippen molar-refractivity contribution < 1.29 is 4.74 Å². The van der Waals surface area contributed by atoms with Crippen molar-refractivity contribution in [2.75, 3.05) is 19.7 Å². The van der Waals surface area contributed by atoms with Crippen LogP contribution in [0.25, 0.3) is 11.0 Å². The minimum Gasteiger partial charge on any atom is -0.375 e. The summed E-state index contributed by atoms with van der Waals surface area (Å²) in [6.45, 7) is 4.77. The third-order valence-corrected chi connectivity index (χ3v) is 3.54. The second-order valence-corrected chi connectivity index (χ2v) is 4.98. The summed E-state index contributed by atoms with van der Waals surface area (Å²) < 4.78 is 7.91. The van der Waals surface area contributed by atoms with Crippen LogP contribution < -0.4 is 5.32 Å². The number of aryl methyl sites for hydroxylation is 2. The molecule has 0 aliphatic carbocycles. The quantitative estimate of drug-likeness (QED) is 0.869. The molecule has 0 spiro atoms. The molecule has 0 radical (unpaired) electrons. The second kappa shape index (κ2) is 4.71. The first kappa shape index (κ1) is 11.7. The van der Waals surface area contributed by atoms with E-state index in [0.717, 1.165) is 37.5 Å². The van der Waals surface area contributed by atoms with Crippen molar-refractivity contribution in [2.24, 2.45) is 7.05 Å². The number of nitrogens with zero attached hydrogens (tertiary/aromatic N) is 2. The fourth-order valence-corrected chi connectivity index (χ4v) is 2.50. The Labute approximate surface area is 107 Å². The van der Waals surface area contributed by atoms with Gasteiger partial charge in [-0.2, -0.15) is 0 Å². The average molecular weight is 245 g/mol. The van der Waals surface area contributed by atoms with Crippen LogP contribution in [-0.2, 0) is 18.2 Å². The Morgan fingerprint density at radius 2 is 2.39 bits per heavy atom. The van der Waals surface area contributed by atoms with Gasteiger partial charge in [0.1, 0.15) is 5.82 Å². The van der Waals surface area contributed by atoms with E-state index in [2.05, 4.69) is 42.1 Å². The monoisotopic (exact) mass is 245 g/mol. The number of aromatic nitrogens is 2. The Bertz CT molecular complexity index is 555. The first-order valence-corrected chi connectivity index (χ1v) is 6.48. The van der Waals surface area contributed by atoms with E-state index in [9.17, 15) is 0 Å². The van der Waals surface area contributed by atoms with Gasteiger partial charge in [0.25, 0.3) is 0 Å². The molecular weight excluding hydrogens is 226 g/mol. The summed E-state index contributed by atoms with van der Waals surface area (Å²) in [5.41, 5.74) is 3.53. The van der Waals surface area contributed by atoms with Crippen LogP contribution >= 0.6 is 0 Å². The van der Waals surface area contributed by atoms with E-state index in [-0.39, 0.29) is 6.10 Å². The van der Waals surface area contributed by atoms with E-state index in [0.29, 0.717) is 0 Å². The van der Waals surface area contributed by atoms with E-state index in [1.807, 2.05) is 0 Å². The van der Waals surface area contributed by atoms with E-state index in [1.54, 1.807) is 0 Å². The summed E-state index contributed by atoms with van der Waals surface area (Å²) in [6.07, 6.45) is 1.12. The van der Waals surface area contributed by atoms with Crippen LogP contribution in [0, 0.1) is 6.92 Å². The summed E-state index contributed by atoms with van der Waals surface area (Å²) in [7, 11) is 2.08. The van der Waals surface area contributed by atoms with Crippen molar-refractivity contribution in [1.29, 1.82) is 0 Å². The van der Waals surface area contributed by atoms with Gasteiger partial charge in [0.05, 0.1) is 23.7 Å². The number of nitrogens with one attached hydrogen (secondary N) is 1. The SMILES string of the molecule is Cc1ccc2c(c1)nc(CC1CNCCO1)n2C. The molecule has 0 amide bonds. The summed E-state index contributed by atoms with van der Waals surface area (Å²) in [6, 6.07) is 6.41. The van der Waals surface area contributed by atoms with E-state index >= 15 is 0 Å². The third-order valence-electron chi connectivity index (χ3n) is 3.54. The van der Waals surface area contributed by atoms with Crippen molar-refractivity contribution in [2.45, 2.75) is 19.4 Å². The molecular formula is C14H19N3O. The number of fused-ring (bicyclic) bond motifs is 1. The maximum absolute atomic E-state index is 5.74. The van der Waals surface area contributed by atoms with Crippen LogP contribution in [-0.4, -0.2) is 35.4 Å². The lowest BCUT2D eigenvalue weighted by molar-refractivity contribution is 0.0277. The van der Waals surface area contributed by atoms with E-state index < -0.39 is 0 Å². The van der Waals surface area contributed by atoms with Gasteiger partial charge in [-0.15, -0.1) is 0 Å². The predicted octanol–water partition coefficient (Wildman–Crippen LogP) is 1.41. The van der Waals surface area contributed by atoms with Gasteiger partial charge >= 0.3 is 0 Å². The highest BCUT2D eigenvalue weighted by Gasteiger charge is 2.17. The zero-order chi connectivity index (χ0) is 12.5. The molecule has 1 unspecified atom stereocenters. The van der Waals surface area contributed by atoms with Crippen LogP contribution in [0.2, 0.25) is 0 Å². The highest BCUT2D eigenvalue weighted by molar-refractivity contribution is 5.76. The molecule has 1 aliphatic rings. The number of hydrogen-bond acceptors (Lipinski definition) is 3. The lowest BCUT2D eigenvalue weighted by Crippen LogP contribution is -2.40. The third kappa shape index (κ3) is 2.13. The minimum atomic E-state index is 0.246. The normalized spacial score (nSPS) is 20.4. The van der Waals surface area contributed by atoms with Gasteiger partial charge in [0.15, 0.2) is 0 Å². The molecule has 1 aromatic heterocycles. The molecule has 2 aromatic rings. The first-order chi connectivity index (χ1) is 8.74. The zero-order valence-corrected chi connectivity index (χ0v) is 10.9. The number of rotatable bonds is 2. The molecule has 0 saturated carbocycles. The van der Waals surface area contributed by atoms with E-state index in [1.165, 1.54) is 11.1 Å². The molecule has 4 heteroatoms. The van der Waals surface area contributed by atoms with Crippen LogP contribution in [0.15, 0.2) is 18.2 Å². The van der Waals surface area contributed by atoms with Crippen molar-refractivity contribution in [3.63, 3.8) is 0 Å². The van der Waals surface area contributed by atoms with Crippen LogP contribution in [0.4, 0.5) is 0 Å². The number of ether oxygens (including phenoxy) is 1. The van der Waals surface area contributed by atoms with E-state index in [4.69, 9.17) is 9.72 Å². The Morgan fingerprint density at radius 3 is 3.17 bits per heavy atom. The molecule has 4 nitrogen and oxygen atoms in total. The first-order valence-electron chi connectivity index (χ1n) is 6.48. The van der Waals surface area contributed by atoms with Crippen molar-refractivity contribution in [3.05, 3.63) is 29.6 Å². The molecule has 96 valence electrons. The van der Waals surface area contributed by atoms with Gasteiger partial charge in [0, 0.05) is 26.6 Å². The zero-order valence-electron chi connectivity index (χ0n) is 10.9. The average Bonchev–Trinajstić information content (AvgIpc) is 2.67. The van der Waals surface area contributed by atoms with Gasteiger partial charge in [-0.25, -0.2) is 4.98 Å². The predicted molar refractivity (Wildman–Crippen MR) is 71.8 cm³/mol. The highest BCUT2D eigenvalue weighted by atomic mass is 16.5. The Balaban J connectivity index is 1.89. The standard InChI is InChI=1S/C14H19N3O/c1-10-3-4-13-12(7-10)16-14(17(13)2)8-11-9-15-5-6-18-11/h3-4,7,11,15H,5-6,8-9H2,1-2H3. The smallest absolute Gasteiger partial charge is 0.112 e. The number of hydrogen-bond donors (Lipinski definition) is 1. The maximum atomic E-state index is 5.74. The fourth-order valence-electron chi connectivity index (χ4n) is 2.50. The van der Waals surface area contributed by atoms with Crippen molar-refractivity contribution in [3.8, 4) is 0 Å². The molecule has 1 saturated heterocycles. The molecule has 18 heavy (non-hydrogen) atoms. The van der Waals surface area contributed by atoms with Gasteiger partial charge in [-0.3, -0.25) is 0 Å². The number of benzene rings is 1. The summed E-state index contributed by atoms with van der Waals surface area (Å²) in [4.78, 5) is 4.72. The van der Waals surface area contributed by atoms with Gasteiger partial charge < -0.3 is 14.6 Å². The molecule has 3 rings (SSSR count). The van der Waals surface area contributed by atoms with Gasteiger partial charge in [-0.05, 0) is 24.6 Å². The summed E-state index contributed by atoms with van der Waals surface area (Å²) in [5, 5.41) is 3.36. The van der Waals surface area contributed by atoms with Gasteiger partial charge in [-0.1, -0.05) is 6.07 Å².